The van der Waals surface area contributed by atoms with Gasteiger partial charge in [0, 0.05) is 0 Å². The van der Waals surface area contributed by atoms with Gasteiger partial charge in [0.05, 0.1) is 0 Å². The molecule has 0 N–H and O–H groups in total. The lowest BCUT2D eigenvalue weighted by molar-refractivity contribution is 1.02. The topological polar surface area (TPSA) is 0 Å². The Morgan fingerprint density at radius 1 is 0.583 bits per heavy atom. The van der Waals surface area contributed by atoms with E-state index in [1.807, 2.05) is 27.7 Å². The zero-order valence-electron chi connectivity index (χ0n) is 16.8. The van der Waals surface area contributed by atoms with Gasteiger partial charge in [-0.25, -0.2) is 0 Å². The number of fused-ring (bicyclic) bond motifs is 2. The minimum atomic E-state index is -0.0192. The van der Waals surface area contributed by atoms with E-state index in [1.54, 1.807) is 32.9 Å². The van der Waals surface area contributed by atoms with E-state index in [-0.39, 0.29) is 15.8 Å². The predicted molar refractivity (Wildman–Crippen MR) is 118 cm³/mol. The average Bonchev–Trinajstić information content (AvgIpc) is 2.62. The molecule has 0 unspecified atom stereocenters. The standard InChI is InChI=1S/C18H22P2.2C2H6/c1-19(2)17-9-5-7-13-11-14-8-6-10-18(20(3)4)16(14)12-15(13)17;2*1-2/h5-10H,11-12H2,1-4H3;2*1-2H3. The quantitative estimate of drug-likeness (QED) is 0.494. The van der Waals surface area contributed by atoms with Crippen LogP contribution < -0.4 is 10.6 Å². The molecular formula is C22H34P2. The monoisotopic (exact) mass is 360 g/mol. The molecule has 0 atom stereocenters. The van der Waals surface area contributed by atoms with Gasteiger partial charge in [-0.05, 0) is 72.4 Å². The van der Waals surface area contributed by atoms with Crippen molar-refractivity contribution in [3.05, 3.63) is 58.7 Å². The van der Waals surface area contributed by atoms with E-state index in [0.29, 0.717) is 0 Å². The molecule has 3 rings (SSSR count). The van der Waals surface area contributed by atoms with E-state index in [4.69, 9.17) is 0 Å². The summed E-state index contributed by atoms with van der Waals surface area (Å²) in [6.45, 7) is 17.5. The average molecular weight is 360 g/mol. The third-order valence-corrected chi connectivity index (χ3v) is 6.96. The van der Waals surface area contributed by atoms with E-state index in [1.165, 1.54) is 0 Å². The van der Waals surface area contributed by atoms with Gasteiger partial charge in [-0.2, -0.15) is 0 Å². The van der Waals surface area contributed by atoms with Crippen molar-refractivity contribution < 1.29 is 0 Å². The lowest BCUT2D eigenvalue weighted by Crippen LogP contribution is -2.22. The summed E-state index contributed by atoms with van der Waals surface area (Å²) in [5.41, 5.74) is 6.36. The molecule has 2 aromatic rings. The third-order valence-electron chi connectivity index (χ3n) is 4.19. The fraction of sp³-hybridized carbons (Fsp3) is 0.455. The molecule has 0 heterocycles. The number of benzene rings is 2. The molecule has 0 radical (unpaired) electrons. The smallest absolute Gasteiger partial charge is 0.000740 e. The van der Waals surface area contributed by atoms with Crippen LogP contribution in [-0.4, -0.2) is 26.7 Å². The molecule has 0 saturated heterocycles. The normalized spacial score (nSPS) is 11.8. The van der Waals surface area contributed by atoms with E-state index in [2.05, 4.69) is 63.1 Å². The second-order valence-corrected chi connectivity index (χ2v) is 10.5. The molecule has 2 aromatic carbocycles. The van der Waals surface area contributed by atoms with Crippen molar-refractivity contribution in [1.82, 2.24) is 0 Å². The van der Waals surface area contributed by atoms with Crippen LogP contribution in [0.15, 0.2) is 36.4 Å². The van der Waals surface area contributed by atoms with Crippen LogP contribution in [0.4, 0.5) is 0 Å². The highest BCUT2D eigenvalue weighted by Crippen LogP contribution is 2.35. The second kappa shape index (κ2) is 10.3. The number of rotatable bonds is 2. The van der Waals surface area contributed by atoms with Gasteiger partial charge in [-0.15, -0.1) is 0 Å². The fourth-order valence-electron chi connectivity index (χ4n) is 3.20. The van der Waals surface area contributed by atoms with Crippen molar-refractivity contribution in [2.24, 2.45) is 0 Å². The molecule has 0 aromatic heterocycles. The van der Waals surface area contributed by atoms with Crippen LogP contribution >= 0.6 is 15.8 Å². The first-order valence-electron chi connectivity index (χ1n) is 9.14. The van der Waals surface area contributed by atoms with Gasteiger partial charge in [-0.1, -0.05) is 79.9 Å². The second-order valence-electron chi connectivity index (χ2n) is 5.97. The van der Waals surface area contributed by atoms with E-state index in [9.17, 15) is 0 Å². The van der Waals surface area contributed by atoms with E-state index < -0.39 is 0 Å². The minimum absolute atomic E-state index is 0.0192. The first kappa shape index (κ1) is 21.3. The molecule has 0 amide bonds. The Labute approximate surface area is 152 Å². The Bertz CT molecular complexity index is 587. The highest BCUT2D eigenvalue weighted by Gasteiger charge is 2.21. The van der Waals surface area contributed by atoms with Gasteiger partial charge in [0.15, 0.2) is 0 Å². The van der Waals surface area contributed by atoms with Gasteiger partial charge in [0.2, 0.25) is 0 Å². The molecule has 2 heteroatoms. The van der Waals surface area contributed by atoms with Crippen molar-refractivity contribution in [3.63, 3.8) is 0 Å². The third kappa shape index (κ3) is 4.68. The first-order chi connectivity index (χ1) is 11.6. The van der Waals surface area contributed by atoms with E-state index in [0.717, 1.165) is 12.8 Å². The van der Waals surface area contributed by atoms with Crippen LogP contribution in [0.25, 0.3) is 0 Å². The zero-order chi connectivity index (χ0) is 18.3. The first-order valence-corrected chi connectivity index (χ1v) is 13.6. The molecule has 1 aliphatic rings. The van der Waals surface area contributed by atoms with Crippen molar-refractivity contribution in [3.8, 4) is 0 Å². The lowest BCUT2D eigenvalue weighted by atomic mass is 9.86. The summed E-state index contributed by atoms with van der Waals surface area (Å²) < 4.78 is 0. The predicted octanol–water partition coefficient (Wildman–Crippen LogP) is 5.97. The summed E-state index contributed by atoms with van der Waals surface area (Å²) in [5.74, 6) is 0. The Hall–Kier alpha value is -0.700. The molecule has 1 aliphatic carbocycles. The SMILES string of the molecule is CC.CC.CP(C)c1cccc2c1Cc1c(cccc1P(C)C)C2. The molecule has 132 valence electrons. The Balaban J connectivity index is 0.000000671. The number of hydrogen-bond donors (Lipinski definition) is 0. The Morgan fingerprint density at radius 3 is 1.29 bits per heavy atom. The maximum absolute atomic E-state index is 2.37. The van der Waals surface area contributed by atoms with Gasteiger partial charge in [0.1, 0.15) is 0 Å². The van der Waals surface area contributed by atoms with Crippen LogP contribution in [0.3, 0.4) is 0 Å². The van der Waals surface area contributed by atoms with Gasteiger partial charge < -0.3 is 0 Å². The maximum atomic E-state index is 2.37. The fourth-order valence-corrected chi connectivity index (χ4v) is 5.49. The molecule has 0 bridgehead atoms. The highest BCUT2D eigenvalue weighted by molar-refractivity contribution is 7.64. The molecule has 0 spiro atoms. The molecular weight excluding hydrogens is 326 g/mol. The Morgan fingerprint density at radius 2 is 0.958 bits per heavy atom. The van der Waals surface area contributed by atoms with Crippen LogP contribution in [0.2, 0.25) is 0 Å². The van der Waals surface area contributed by atoms with Crippen molar-refractivity contribution in [2.45, 2.75) is 40.5 Å². The van der Waals surface area contributed by atoms with Crippen molar-refractivity contribution in [2.75, 3.05) is 26.7 Å². The van der Waals surface area contributed by atoms with Gasteiger partial charge in [-0.3, -0.25) is 0 Å². The van der Waals surface area contributed by atoms with Gasteiger partial charge >= 0.3 is 0 Å². The molecule has 0 fully saturated rings. The highest BCUT2D eigenvalue weighted by atomic mass is 31.1. The maximum Gasteiger partial charge on any atom is -0.000740 e. The van der Waals surface area contributed by atoms with E-state index >= 15 is 0 Å². The van der Waals surface area contributed by atoms with Crippen LogP contribution in [0.1, 0.15) is 49.9 Å². The molecule has 0 nitrogen and oxygen atoms in total. The van der Waals surface area contributed by atoms with Gasteiger partial charge in [0.25, 0.3) is 0 Å². The molecule has 0 saturated carbocycles. The molecule has 24 heavy (non-hydrogen) atoms. The minimum Gasteiger partial charge on any atom is -0.0814 e. The summed E-state index contributed by atoms with van der Waals surface area (Å²) in [4.78, 5) is 0. The zero-order valence-corrected chi connectivity index (χ0v) is 18.6. The van der Waals surface area contributed by atoms with Crippen molar-refractivity contribution in [1.29, 1.82) is 0 Å². The van der Waals surface area contributed by atoms with Crippen LogP contribution in [0.5, 0.6) is 0 Å². The van der Waals surface area contributed by atoms with Crippen LogP contribution in [0, 0.1) is 0 Å². The number of hydrogen-bond acceptors (Lipinski definition) is 0. The van der Waals surface area contributed by atoms with Crippen LogP contribution in [-0.2, 0) is 12.8 Å². The summed E-state index contributed by atoms with van der Waals surface area (Å²) in [5, 5.41) is 3.21. The largest absolute Gasteiger partial charge is 0.0814 e. The summed E-state index contributed by atoms with van der Waals surface area (Å²) in [6.07, 6.45) is 2.27. The summed E-state index contributed by atoms with van der Waals surface area (Å²) >= 11 is 0. The Kier molecular flexibility index (Phi) is 9.18. The molecule has 0 aliphatic heterocycles. The summed E-state index contributed by atoms with van der Waals surface area (Å²) in [6, 6.07) is 13.8. The summed E-state index contributed by atoms with van der Waals surface area (Å²) in [7, 11) is -0.0384. The lowest BCUT2D eigenvalue weighted by Gasteiger charge is -2.26. The van der Waals surface area contributed by atoms with Crippen molar-refractivity contribution >= 4 is 26.5 Å².